The van der Waals surface area contributed by atoms with Crippen LogP contribution in [-0.4, -0.2) is 35.7 Å². The van der Waals surface area contributed by atoms with E-state index in [1.807, 2.05) is 18.5 Å². The predicted octanol–water partition coefficient (Wildman–Crippen LogP) is 1.29. The standard InChI is InChI=1S/C14H23N3O2S/c1-10-13(8-15-12-4-5-12)11(2)17(16-10)14(3)6-7-20(18,19)9-14/h12,15H,4-9H2,1-3H3. The van der Waals surface area contributed by atoms with E-state index in [9.17, 15) is 8.42 Å². The van der Waals surface area contributed by atoms with Gasteiger partial charge in [0.25, 0.3) is 0 Å². The molecule has 1 unspecified atom stereocenters. The second kappa shape index (κ2) is 4.56. The Kier molecular flexibility index (Phi) is 3.21. The maximum atomic E-state index is 11.8. The number of sulfone groups is 1. The summed E-state index contributed by atoms with van der Waals surface area (Å²) >= 11 is 0. The monoisotopic (exact) mass is 297 g/mol. The number of nitrogens with zero attached hydrogens (tertiary/aromatic N) is 2. The van der Waals surface area contributed by atoms with Crippen LogP contribution in [0.4, 0.5) is 0 Å². The summed E-state index contributed by atoms with van der Waals surface area (Å²) in [6, 6.07) is 0.666. The van der Waals surface area contributed by atoms with Crippen LogP contribution in [0.2, 0.25) is 0 Å². The highest BCUT2D eigenvalue weighted by Crippen LogP contribution is 2.33. The Morgan fingerprint density at radius 1 is 1.40 bits per heavy atom. The van der Waals surface area contributed by atoms with Gasteiger partial charge in [0.1, 0.15) is 0 Å². The van der Waals surface area contributed by atoms with Crippen molar-refractivity contribution in [2.45, 2.75) is 58.2 Å². The van der Waals surface area contributed by atoms with E-state index in [1.54, 1.807) is 0 Å². The molecule has 2 fully saturated rings. The third kappa shape index (κ3) is 2.51. The molecule has 1 aliphatic heterocycles. The summed E-state index contributed by atoms with van der Waals surface area (Å²) in [6.07, 6.45) is 3.19. The van der Waals surface area contributed by atoms with Crippen molar-refractivity contribution in [3.05, 3.63) is 17.0 Å². The second-order valence-corrected chi connectivity index (χ2v) is 8.74. The van der Waals surface area contributed by atoms with E-state index in [0.29, 0.717) is 12.5 Å². The van der Waals surface area contributed by atoms with Crippen LogP contribution in [0, 0.1) is 13.8 Å². The fourth-order valence-electron chi connectivity index (χ4n) is 3.15. The summed E-state index contributed by atoms with van der Waals surface area (Å²) in [5, 5.41) is 8.16. The lowest BCUT2D eigenvalue weighted by atomic mass is 10.0. The first-order valence-corrected chi connectivity index (χ1v) is 9.12. The maximum Gasteiger partial charge on any atom is 0.152 e. The average molecular weight is 297 g/mol. The number of nitrogens with one attached hydrogen (secondary N) is 1. The van der Waals surface area contributed by atoms with Crippen LogP contribution >= 0.6 is 0 Å². The number of aromatic nitrogens is 2. The smallest absolute Gasteiger partial charge is 0.152 e. The first kappa shape index (κ1) is 14.1. The van der Waals surface area contributed by atoms with Crippen molar-refractivity contribution in [3.63, 3.8) is 0 Å². The van der Waals surface area contributed by atoms with Gasteiger partial charge < -0.3 is 5.32 Å². The molecule has 0 bridgehead atoms. The van der Waals surface area contributed by atoms with Crippen LogP contribution in [0.5, 0.6) is 0 Å². The van der Waals surface area contributed by atoms with E-state index < -0.39 is 9.84 Å². The highest BCUT2D eigenvalue weighted by molar-refractivity contribution is 7.91. The summed E-state index contributed by atoms with van der Waals surface area (Å²) < 4.78 is 25.5. The third-order valence-electron chi connectivity index (χ3n) is 4.58. The predicted molar refractivity (Wildman–Crippen MR) is 78.5 cm³/mol. The molecular formula is C14H23N3O2S. The molecule has 3 rings (SSSR count). The zero-order valence-electron chi connectivity index (χ0n) is 12.4. The van der Waals surface area contributed by atoms with Gasteiger partial charge in [0, 0.05) is 23.8 Å². The number of rotatable bonds is 4. The van der Waals surface area contributed by atoms with E-state index >= 15 is 0 Å². The van der Waals surface area contributed by atoms with Crippen molar-refractivity contribution in [1.29, 1.82) is 0 Å². The molecule has 2 heterocycles. The van der Waals surface area contributed by atoms with Gasteiger partial charge in [-0.25, -0.2) is 8.42 Å². The van der Waals surface area contributed by atoms with Crippen molar-refractivity contribution >= 4 is 9.84 Å². The molecule has 1 aromatic rings. The number of hydrogen-bond acceptors (Lipinski definition) is 4. The quantitative estimate of drug-likeness (QED) is 0.909. The van der Waals surface area contributed by atoms with Gasteiger partial charge in [0.2, 0.25) is 0 Å². The first-order chi connectivity index (χ1) is 9.31. The molecule has 1 aliphatic carbocycles. The van der Waals surface area contributed by atoms with Gasteiger partial charge in [-0.05, 0) is 40.0 Å². The van der Waals surface area contributed by atoms with Crippen LogP contribution in [0.25, 0.3) is 0 Å². The molecule has 1 saturated heterocycles. The van der Waals surface area contributed by atoms with E-state index in [0.717, 1.165) is 17.9 Å². The Balaban J connectivity index is 1.88. The van der Waals surface area contributed by atoms with Crippen molar-refractivity contribution in [2.24, 2.45) is 0 Å². The van der Waals surface area contributed by atoms with Crippen LogP contribution in [0.15, 0.2) is 0 Å². The molecule has 20 heavy (non-hydrogen) atoms. The lowest BCUT2D eigenvalue weighted by Gasteiger charge is -2.24. The van der Waals surface area contributed by atoms with Crippen molar-refractivity contribution in [1.82, 2.24) is 15.1 Å². The van der Waals surface area contributed by atoms with Crippen LogP contribution in [0.3, 0.4) is 0 Å². The van der Waals surface area contributed by atoms with E-state index in [4.69, 9.17) is 0 Å². The van der Waals surface area contributed by atoms with E-state index in [1.165, 1.54) is 18.4 Å². The fourth-order valence-corrected chi connectivity index (χ4v) is 5.26. The van der Waals surface area contributed by atoms with Gasteiger partial charge >= 0.3 is 0 Å². The third-order valence-corrected chi connectivity index (χ3v) is 6.47. The number of aryl methyl sites for hydroxylation is 1. The Morgan fingerprint density at radius 2 is 2.10 bits per heavy atom. The Labute approximate surface area is 120 Å². The highest BCUT2D eigenvalue weighted by Gasteiger charge is 2.41. The fraction of sp³-hybridized carbons (Fsp3) is 0.786. The maximum absolute atomic E-state index is 11.8. The molecule has 5 nitrogen and oxygen atoms in total. The van der Waals surface area contributed by atoms with Crippen LogP contribution in [-0.2, 0) is 21.9 Å². The van der Waals surface area contributed by atoms with Gasteiger partial charge in [-0.15, -0.1) is 0 Å². The molecule has 1 saturated carbocycles. The molecule has 1 N–H and O–H groups in total. The first-order valence-electron chi connectivity index (χ1n) is 7.30. The summed E-state index contributed by atoms with van der Waals surface area (Å²) in [5.74, 6) is 0.481. The van der Waals surface area contributed by atoms with Gasteiger partial charge in [-0.3, -0.25) is 4.68 Å². The normalized spacial score (nSPS) is 28.9. The second-order valence-electron chi connectivity index (χ2n) is 6.56. The topological polar surface area (TPSA) is 64.0 Å². The van der Waals surface area contributed by atoms with Gasteiger partial charge in [0.15, 0.2) is 9.84 Å². The minimum absolute atomic E-state index is 0.206. The zero-order chi connectivity index (χ0) is 14.5. The Bertz CT molecular complexity index is 631. The summed E-state index contributed by atoms with van der Waals surface area (Å²) in [4.78, 5) is 0. The largest absolute Gasteiger partial charge is 0.310 e. The molecule has 2 aliphatic rings. The molecule has 0 amide bonds. The molecule has 6 heteroatoms. The molecule has 1 atom stereocenters. The Hall–Kier alpha value is -0.880. The van der Waals surface area contributed by atoms with E-state index in [2.05, 4.69) is 17.3 Å². The molecule has 0 radical (unpaired) electrons. The lowest BCUT2D eigenvalue weighted by molar-refractivity contribution is 0.320. The summed E-state index contributed by atoms with van der Waals surface area (Å²) in [6.45, 7) is 6.92. The summed E-state index contributed by atoms with van der Waals surface area (Å²) in [5.41, 5.74) is 2.96. The highest BCUT2D eigenvalue weighted by atomic mass is 32.2. The molecule has 112 valence electrons. The van der Waals surface area contributed by atoms with E-state index in [-0.39, 0.29) is 17.0 Å². The van der Waals surface area contributed by atoms with Gasteiger partial charge in [-0.2, -0.15) is 5.10 Å². The Morgan fingerprint density at radius 3 is 2.65 bits per heavy atom. The van der Waals surface area contributed by atoms with Crippen molar-refractivity contribution < 1.29 is 8.42 Å². The molecule has 1 aromatic heterocycles. The van der Waals surface area contributed by atoms with Crippen molar-refractivity contribution in [3.8, 4) is 0 Å². The minimum atomic E-state index is -2.91. The van der Waals surface area contributed by atoms with Gasteiger partial charge in [0.05, 0.1) is 22.7 Å². The van der Waals surface area contributed by atoms with Crippen molar-refractivity contribution in [2.75, 3.05) is 11.5 Å². The SMILES string of the molecule is Cc1nn(C2(C)CCS(=O)(=O)C2)c(C)c1CNC1CC1. The molecule has 0 aromatic carbocycles. The van der Waals surface area contributed by atoms with Crippen LogP contribution < -0.4 is 5.32 Å². The summed E-state index contributed by atoms with van der Waals surface area (Å²) in [7, 11) is -2.91. The lowest BCUT2D eigenvalue weighted by Crippen LogP contribution is -2.33. The van der Waals surface area contributed by atoms with Gasteiger partial charge in [-0.1, -0.05) is 0 Å². The van der Waals surface area contributed by atoms with Crippen LogP contribution in [0.1, 0.15) is 43.1 Å². The number of hydrogen-bond donors (Lipinski definition) is 1. The minimum Gasteiger partial charge on any atom is -0.310 e. The molecular weight excluding hydrogens is 274 g/mol. The average Bonchev–Trinajstić information content (AvgIpc) is 3.06. The zero-order valence-corrected chi connectivity index (χ0v) is 13.3. The molecule has 0 spiro atoms.